The van der Waals surface area contributed by atoms with Crippen molar-refractivity contribution in [1.29, 1.82) is 0 Å². The number of rotatable bonds is 5. The average Bonchev–Trinajstić information content (AvgIpc) is 2.80. The van der Waals surface area contributed by atoms with Crippen molar-refractivity contribution in [2.75, 3.05) is 19.7 Å². The van der Waals surface area contributed by atoms with Gasteiger partial charge in [-0.1, -0.05) is 54.6 Å². The summed E-state index contributed by atoms with van der Waals surface area (Å²) in [7, 11) is 0. The van der Waals surface area contributed by atoms with Gasteiger partial charge in [0.05, 0.1) is 0 Å². The van der Waals surface area contributed by atoms with Crippen LogP contribution in [0.25, 0.3) is 10.8 Å². The number of nitrogens with zero attached hydrogens (tertiary/aromatic N) is 1. The van der Waals surface area contributed by atoms with Crippen molar-refractivity contribution < 1.29 is 19.1 Å². The monoisotopic (exact) mass is 402 g/mol. The topological polar surface area (TPSA) is 75.7 Å². The number of hydrogen-bond donors (Lipinski definition) is 1. The molecule has 4 rings (SSSR count). The Labute approximate surface area is 174 Å². The molecular weight excluding hydrogens is 380 g/mol. The van der Waals surface area contributed by atoms with Gasteiger partial charge in [-0.15, -0.1) is 0 Å². The highest BCUT2D eigenvalue weighted by molar-refractivity contribution is 5.99. The number of carbonyl (C=O) groups is 3. The van der Waals surface area contributed by atoms with Crippen molar-refractivity contribution in [1.82, 2.24) is 10.2 Å². The summed E-state index contributed by atoms with van der Waals surface area (Å²) < 4.78 is 5.06. The lowest BCUT2D eigenvalue weighted by molar-refractivity contribution is -0.151. The summed E-state index contributed by atoms with van der Waals surface area (Å²) in [5.41, 5.74) is 2.82. The zero-order valence-electron chi connectivity index (χ0n) is 16.5. The van der Waals surface area contributed by atoms with Crippen LogP contribution < -0.4 is 5.32 Å². The Morgan fingerprint density at radius 1 is 0.900 bits per heavy atom. The molecule has 3 aromatic carbocycles. The van der Waals surface area contributed by atoms with Gasteiger partial charge in [0.2, 0.25) is 0 Å². The quantitative estimate of drug-likeness (QED) is 0.666. The first-order valence-corrected chi connectivity index (χ1v) is 9.87. The number of fused-ring (bicyclic) bond motifs is 2. The number of hydrogen-bond acceptors (Lipinski definition) is 4. The summed E-state index contributed by atoms with van der Waals surface area (Å²) in [6.45, 7) is 0.506. The molecule has 0 radical (unpaired) electrons. The lowest BCUT2D eigenvalue weighted by Gasteiger charge is -2.28. The van der Waals surface area contributed by atoms with Crippen LogP contribution in [0.5, 0.6) is 0 Å². The summed E-state index contributed by atoms with van der Waals surface area (Å²) in [5, 5.41) is 4.52. The lowest BCUT2D eigenvalue weighted by Crippen LogP contribution is -2.39. The number of ether oxygens (including phenoxy) is 1. The Kier molecular flexibility index (Phi) is 5.75. The molecule has 1 aliphatic heterocycles. The van der Waals surface area contributed by atoms with Crippen LogP contribution in [-0.4, -0.2) is 42.4 Å². The third-order valence-electron chi connectivity index (χ3n) is 5.24. The second kappa shape index (κ2) is 8.78. The molecule has 0 bridgehead atoms. The Bertz CT molecular complexity index is 1110. The highest BCUT2D eigenvalue weighted by Gasteiger charge is 2.21. The number of esters is 1. The predicted octanol–water partition coefficient (Wildman–Crippen LogP) is 2.70. The SMILES string of the molecule is O=C(CNC(=O)c1ccc2ccccc2c1)OCC(=O)N1CCc2ccccc2C1. The van der Waals surface area contributed by atoms with E-state index >= 15 is 0 Å². The second-order valence-electron chi connectivity index (χ2n) is 7.24. The molecule has 0 saturated heterocycles. The van der Waals surface area contributed by atoms with Crippen LogP contribution in [0.3, 0.4) is 0 Å². The van der Waals surface area contributed by atoms with E-state index in [9.17, 15) is 14.4 Å². The summed E-state index contributed by atoms with van der Waals surface area (Å²) in [6.07, 6.45) is 0.789. The minimum Gasteiger partial charge on any atom is -0.454 e. The molecule has 0 unspecified atom stereocenters. The van der Waals surface area contributed by atoms with Crippen molar-refractivity contribution in [3.8, 4) is 0 Å². The van der Waals surface area contributed by atoms with E-state index < -0.39 is 5.97 Å². The number of benzene rings is 3. The van der Waals surface area contributed by atoms with Gasteiger partial charge >= 0.3 is 5.97 Å². The summed E-state index contributed by atoms with van der Waals surface area (Å²) in [4.78, 5) is 38.3. The van der Waals surface area contributed by atoms with E-state index in [-0.39, 0.29) is 25.0 Å². The molecule has 0 fully saturated rings. The molecule has 6 heteroatoms. The first-order valence-electron chi connectivity index (χ1n) is 9.87. The first kappa shape index (κ1) is 19.6. The Balaban J connectivity index is 1.24. The second-order valence-corrected chi connectivity index (χ2v) is 7.24. The van der Waals surface area contributed by atoms with E-state index in [0.29, 0.717) is 18.7 Å². The van der Waals surface area contributed by atoms with Gasteiger partial charge in [-0.25, -0.2) is 0 Å². The van der Waals surface area contributed by atoms with Crippen molar-refractivity contribution in [2.45, 2.75) is 13.0 Å². The summed E-state index contributed by atoms with van der Waals surface area (Å²) >= 11 is 0. The third-order valence-corrected chi connectivity index (χ3v) is 5.24. The minimum atomic E-state index is -0.644. The molecule has 0 aromatic heterocycles. The largest absolute Gasteiger partial charge is 0.454 e. The van der Waals surface area contributed by atoms with Gasteiger partial charge in [-0.2, -0.15) is 0 Å². The molecule has 152 valence electrons. The van der Waals surface area contributed by atoms with Gasteiger partial charge in [-0.3, -0.25) is 14.4 Å². The van der Waals surface area contributed by atoms with Gasteiger partial charge in [0.1, 0.15) is 6.54 Å². The maximum Gasteiger partial charge on any atom is 0.325 e. The molecule has 30 heavy (non-hydrogen) atoms. The zero-order valence-corrected chi connectivity index (χ0v) is 16.5. The highest BCUT2D eigenvalue weighted by Crippen LogP contribution is 2.18. The average molecular weight is 402 g/mol. The Morgan fingerprint density at radius 3 is 2.47 bits per heavy atom. The maximum absolute atomic E-state index is 12.4. The van der Waals surface area contributed by atoms with Gasteiger partial charge in [-0.05, 0) is 40.5 Å². The van der Waals surface area contributed by atoms with E-state index in [1.165, 1.54) is 5.56 Å². The van der Waals surface area contributed by atoms with Crippen LogP contribution >= 0.6 is 0 Å². The molecule has 1 aliphatic rings. The Hall–Kier alpha value is -3.67. The number of carbonyl (C=O) groups excluding carboxylic acids is 3. The molecule has 0 spiro atoms. The maximum atomic E-state index is 12.4. The van der Waals surface area contributed by atoms with E-state index in [1.54, 1.807) is 17.0 Å². The van der Waals surface area contributed by atoms with Crippen LogP contribution in [0.4, 0.5) is 0 Å². The highest BCUT2D eigenvalue weighted by atomic mass is 16.5. The van der Waals surface area contributed by atoms with Gasteiger partial charge < -0.3 is 15.0 Å². The molecule has 0 saturated carbocycles. The van der Waals surface area contributed by atoms with Crippen LogP contribution in [0, 0.1) is 0 Å². The Morgan fingerprint density at radius 2 is 1.63 bits per heavy atom. The predicted molar refractivity (Wildman–Crippen MR) is 113 cm³/mol. The molecule has 1 N–H and O–H groups in total. The van der Waals surface area contributed by atoms with E-state index in [0.717, 1.165) is 22.8 Å². The van der Waals surface area contributed by atoms with Crippen LogP contribution in [0.15, 0.2) is 66.7 Å². The fourth-order valence-corrected chi connectivity index (χ4v) is 3.58. The van der Waals surface area contributed by atoms with Crippen LogP contribution in [-0.2, 0) is 27.3 Å². The smallest absolute Gasteiger partial charge is 0.325 e. The molecule has 3 aromatic rings. The fraction of sp³-hybridized carbons (Fsp3) is 0.208. The van der Waals surface area contributed by atoms with Crippen molar-refractivity contribution >= 4 is 28.6 Å². The first-order chi connectivity index (χ1) is 14.6. The van der Waals surface area contributed by atoms with Gasteiger partial charge in [0.15, 0.2) is 6.61 Å². The third kappa shape index (κ3) is 4.49. The summed E-state index contributed by atoms with van der Waals surface area (Å²) in [6, 6.07) is 21.1. The van der Waals surface area contributed by atoms with Crippen molar-refractivity contribution in [3.05, 3.63) is 83.4 Å². The number of amides is 2. The minimum absolute atomic E-state index is 0.237. The van der Waals surface area contributed by atoms with E-state index in [4.69, 9.17) is 4.74 Å². The zero-order chi connectivity index (χ0) is 20.9. The fourth-order valence-electron chi connectivity index (χ4n) is 3.58. The van der Waals surface area contributed by atoms with Crippen LogP contribution in [0.1, 0.15) is 21.5 Å². The number of nitrogens with one attached hydrogen (secondary N) is 1. The van der Waals surface area contributed by atoms with E-state index in [1.807, 2.05) is 48.5 Å². The van der Waals surface area contributed by atoms with Crippen molar-refractivity contribution in [2.24, 2.45) is 0 Å². The normalized spacial score (nSPS) is 12.9. The molecule has 2 amide bonds. The standard InChI is InChI=1S/C24H22N2O4/c27-22(26-12-11-18-6-2-4-8-21(18)15-26)16-30-23(28)14-25-24(29)20-10-9-17-5-1-3-7-19(17)13-20/h1-10,13H,11-12,14-16H2,(H,25,29). The van der Waals surface area contributed by atoms with Gasteiger partial charge in [0.25, 0.3) is 11.8 Å². The molecule has 1 heterocycles. The lowest BCUT2D eigenvalue weighted by atomic mass is 10.00. The summed E-state index contributed by atoms with van der Waals surface area (Å²) in [5.74, 6) is -1.25. The molecule has 0 aliphatic carbocycles. The van der Waals surface area contributed by atoms with Gasteiger partial charge in [0, 0.05) is 18.7 Å². The van der Waals surface area contributed by atoms with E-state index in [2.05, 4.69) is 11.4 Å². The molecular formula is C24H22N2O4. The van der Waals surface area contributed by atoms with Crippen LogP contribution in [0.2, 0.25) is 0 Å². The molecule has 0 atom stereocenters. The van der Waals surface area contributed by atoms with Crippen molar-refractivity contribution in [3.63, 3.8) is 0 Å². The molecule has 6 nitrogen and oxygen atoms in total.